The zero-order valence-corrected chi connectivity index (χ0v) is 9.20. The van der Waals surface area contributed by atoms with Crippen molar-refractivity contribution in [2.24, 2.45) is 0 Å². The third-order valence-electron chi connectivity index (χ3n) is 2.22. The fraction of sp³-hybridized carbons (Fsp3) is 0.0833. The molecule has 2 rings (SSSR count). The van der Waals surface area contributed by atoms with Crippen molar-refractivity contribution in [3.05, 3.63) is 52.7 Å². The molecule has 1 heterocycles. The molecule has 1 aromatic heterocycles. The first-order chi connectivity index (χ1) is 7.29. The summed E-state index contributed by atoms with van der Waals surface area (Å²) in [6.45, 7) is 0. The van der Waals surface area contributed by atoms with Crippen LogP contribution in [0.4, 0.5) is 5.69 Å². The first-order valence-corrected chi connectivity index (χ1v) is 5.58. The molecule has 0 bridgehead atoms. The summed E-state index contributed by atoms with van der Waals surface area (Å²) < 4.78 is 0. The van der Waals surface area contributed by atoms with Crippen LogP contribution in [0.2, 0.25) is 0 Å². The van der Waals surface area contributed by atoms with Crippen LogP contribution in [0, 0.1) is 0 Å². The molecule has 15 heavy (non-hydrogen) atoms. The monoisotopic (exact) mass is 217 g/mol. The largest absolute Gasteiger partial charge is 0.311 e. The highest BCUT2D eigenvalue weighted by Gasteiger charge is 2.12. The molecular formula is C12H11NOS. The SMILES string of the molecule is CN(C(=O)c1ccsc1)c1ccccc1. The first kappa shape index (κ1) is 9.93. The smallest absolute Gasteiger partial charge is 0.258 e. The fourth-order valence-electron chi connectivity index (χ4n) is 1.35. The van der Waals surface area contributed by atoms with Gasteiger partial charge in [-0.1, -0.05) is 18.2 Å². The summed E-state index contributed by atoms with van der Waals surface area (Å²) >= 11 is 1.53. The van der Waals surface area contributed by atoms with Crippen LogP contribution in [0.25, 0.3) is 0 Å². The van der Waals surface area contributed by atoms with Gasteiger partial charge in [-0.25, -0.2) is 0 Å². The summed E-state index contributed by atoms with van der Waals surface area (Å²) in [4.78, 5) is 13.6. The Labute approximate surface area is 92.8 Å². The summed E-state index contributed by atoms with van der Waals surface area (Å²) in [6.07, 6.45) is 0. The van der Waals surface area contributed by atoms with Gasteiger partial charge in [-0.15, -0.1) is 0 Å². The van der Waals surface area contributed by atoms with Gasteiger partial charge in [-0.05, 0) is 23.6 Å². The van der Waals surface area contributed by atoms with Gasteiger partial charge in [0.2, 0.25) is 0 Å². The molecule has 0 N–H and O–H groups in total. The number of hydrogen-bond donors (Lipinski definition) is 0. The molecule has 2 nitrogen and oxygen atoms in total. The van der Waals surface area contributed by atoms with E-state index in [-0.39, 0.29) is 5.91 Å². The molecule has 2 aromatic rings. The van der Waals surface area contributed by atoms with E-state index in [1.807, 2.05) is 47.2 Å². The van der Waals surface area contributed by atoms with Gasteiger partial charge in [0.15, 0.2) is 0 Å². The van der Waals surface area contributed by atoms with Crippen LogP contribution in [0.5, 0.6) is 0 Å². The van der Waals surface area contributed by atoms with E-state index in [1.165, 1.54) is 11.3 Å². The Hall–Kier alpha value is -1.61. The number of para-hydroxylation sites is 1. The Morgan fingerprint density at radius 3 is 2.53 bits per heavy atom. The summed E-state index contributed by atoms with van der Waals surface area (Å²) in [7, 11) is 1.79. The number of anilines is 1. The molecule has 0 spiro atoms. The van der Waals surface area contributed by atoms with Gasteiger partial charge in [0, 0.05) is 18.1 Å². The highest BCUT2D eigenvalue weighted by Crippen LogP contribution is 2.16. The van der Waals surface area contributed by atoms with Gasteiger partial charge >= 0.3 is 0 Å². The van der Waals surface area contributed by atoms with Crippen molar-refractivity contribution in [1.82, 2.24) is 0 Å². The molecule has 1 aromatic carbocycles. The molecule has 3 heteroatoms. The highest BCUT2D eigenvalue weighted by molar-refractivity contribution is 7.08. The van der Waals surface area contributed by atoms with Crippen LogP contribution < -0.4 is 4.90 Å². The molecule has 0 saturated carbocycles. The van der Waals surface area contributed by atoms with E-state index in [0.717, 1.165) is 11.3 Å². The number of thiophene rings is 1. The van der Waals surface area contributed by atoms with E-state index < -0.39 is 0 Å². The summed E-state index contributed by atoms with van der Waals surface area (Å²) in [5.41, 5.74) is 1.65. The van der Waals surface area contributed by atoms with Crippen molar-refractivity contribution in [2.75, 3.05) is 11.9 Å². The predicted molar refractivity (Wildman–Crippen MR) is 63.5 cm³/mol. The average Bonchev–Trinajstić information content (AvgIpc) is 2.82. The van der Waals surface area contributed by atoms with E-state index >= 15 is 0 Å². The van der Waals surface area contributed by atoms with E-state index in [4.69, 9.17) is 0 Å². The second-order valence-corrected chi connectivity index (χ2v) is 3.99. The number of nitrogens with zero attached hydrogens (tertiary/aromatic N) is 1. The number of hydrogen-bond acceptors (Lipinski definition) is 2. The van der Waals surface area contributed by atoms with E-state index in [2.05, 4.69) is 0 Å². The quantitative estimate of drug-likeness (QED) is 0.757. The van der Waals surface area contributed by atoms with Crippen molar-refractivity contribution in [1.29, 1.82) is 0 Å². The maximum absolute atomic E-state index is 11.9. The zero-order chi connectivity index (χ0) is 10.7. The van der Waals surface area contributed by atoms with Crippen molar-refractivity contribution in [3.8, 4) is 0 Å². The molecule has 0 aliphatic carbocycles. The van der Waals surface area contributed by atoms with Gasteiger partial charge in [0.25, 0.3) is 5.91 Å². The standard InChI is InChI=1S/C12H11NOS/c1-13(11-5-3-2-4-6-11)12(14)10-7-8-15-9-10/h2-9H,1H3. The molecule has 0 saturated heterocycles. The van der Waals surface area contributed by atoms with Gasteiger partial charge < -0.3 is 4.90 Å². The minimum absolute atomic E-state index is 0.0300. The lowest BCUT2D eigenvalue weighted by Crippen LogP contribution is -2.25. The number of carbonyl (C=O) groups excluding carboxylic acids is 1. The zero-order valence-electron chi connectivity index (χ0n) is 8.38. The lowest BCUT2D eigenvalue weighted by molar-refractivity contribution is 0.0993. The fourth-order valence-corrected chi connectivity index (χ4v) is 1.98. The van der Waals surface area contributed by atoms with Crippen LogP contribution in [0.1, 0.15) is 10.4 Å². The second-order valence-electron chi connectivity index (χ2n) is 3.21. The van der Waals surface area contributed by atoms with Crippen LogP contribution >= 0.6 is 11.3 Å². The number of amides is 1. The molecule has 1 amide bonds. The Kier molecular flexibility index (Phi) is 2.83. The van der Waals surface area contributed by atoms with Crippen molar-refractivity contribution in [2.45, 2.75) is 0 Å². The lowest BCUT2D eigenvalue weighted by atomic mass is 10.2. The Bertz CT molecular complexity index is 436. The highest BCUT2D eigenvalue weighted by atomic mass is 32.1. The lowest BCUT2D eigenvalue weighted by Gasteiger charge is -2.16. The van der Waals surface area contributed by atoms with Gasteiger partial charge in [-0.3, -0.25) is 4.79 Å². The number of carbonyl (C=O) groups is 1. The summed E-state index contributed by atoms with van der Waals surface area (Å²) in [6, 6.07) is 11.5. The van der Waals surface area contributed by atoms with Crippen LogP contribution in [0.15, 0.2) is 47.2 Å². The normalized spacial score (nSPS) is 9.93. The first-order valence-electron chi connectivity index (χ1n) is 4.64. The molecule has 0 radical (unpaired) electrons. The molecule has 76 valence electrons. The molecular weight excluding hydrogens is 206 g/mol. The molecule has 0 aliphatic rings. The van der Waals surface area contributed by atoms with Gasteiger partial charge in [0.05, 0.1) is 5.56 Å². The van der Waals surface area contributed by atoms with Crippen LogP contribution in [-0.2, 0) is 0 Å². The molecule has 0 unspecified atom stereocenters. The van der Waals surface area contributed by atoms with E-state index in [1.54, 1.807) is 11.9 Å². The topological polar surface area (TPSA) is 20.3 Å². The third-order valence-corrected chi connectivity index (χ3v) is 2.90. The maximum Gasteiger partial charge on any atom is 0.258 e. The molecule has 0 atom stereocenters. The average molecular weight is 217 g/mol. The van der Waals surface area contributed by atoms with Crippen molar-refractivity contribution in [3.63, 3.8) is 0 Å². The third kappa shape index (κ3) is 2.07. The maximum atomic E-state index is 11.9. The van der Waals surface area contributed by atoms with Gasteiger partial charge in [0.1, 0.15) is 0 Å². The Morgan fingerprint density at radius 2 is 1.93 bits per heavy atom. The Morgan fingerprint density at radius 1 is 1.20 bits per heavy atom. The van der Waals surface area contributed by atoms with E-state index in [9.17, 15) is 4.79 Å². The molecule has 0 fully saturated rings. The Balaban J connectivity index is 2.23. The summed E-state index contributed by atoms with van der Waals surface area (Å²) in [5, 5.41) is 3.77. The van der Waals surface area contributed by atoms with Crippen LogP contribution in [-0.4, -0.2) is 13.0 Å². The second kappa shape index (κ2) is 4.28. The van der Waals surface area contributed by atoms with Crippen molar-refractivity contribution < 1.29 is 4.79 Å². The molecule has 0 aliphatic heterocycles. The van der Waals surface area contributed by atoms with Crippen LogP contribution in [0.3, 0.4) is 0 Å². The summed E-state index contributed by atoms with van der Waals surface area (Å²) in [5.74, 6) is 0.0300. The minimum Gasteiger partial charge on any atom is -0.311 e. The van der Waals surface area contributed by atoms with E-state index in [0.29, 0.717) is 0 Å². The minimum atomic E-state index is 0.0300. The van der Waals surface area contributed by atoms with Gasteiger partial charge in [-0.2, -0.15) is 11.3 Å². The number of benzene rings is 1. The predicted octanol–water partition coefficient (Wildman–Crippen LogP) is 3.02. The number of rotatable bonds is 2. The van der Waals surface area contributed by atoms with Crippen molar-refractivity contribution >= 4 is 22.9 Å².